The average Bonchev–Trinajstić information content (AvgIpc) is 3.12. The standard InChI is InChI=1S/C29H53N5O6.2H2O.3H2/c1-33(2)16-28(35)40-26-6-3-5-22(12-26)13-30-18-39-19-31-14-23-8-9-24-15-34(21-38-17-25(24)11-23)27-7-4-10-37-20-32-29(27)36;;;;;/h22-27,30-31H,3-21H2,1-2H3,(H,32,36);2*1H2;3*1H. The van der Waals surface area contributed by atoms with E-state index in [2.05, 4.69) is 20.9 Å². The zero-order valence-corrected chi connectivity index (χ0v) is 25.7. The largest absolute Gasteiger partial charge is 0.461 e. The fraction of sp³-hybridized carbons (Fsp3) is 0.931. The SMILES string of the molecule is CN(C)CC(=O)OC1CCCC(CNCOCNCC2CCC3CN(C4CCCOCNC4=O)COCC3C2)C1.O.O.[HH].[HH].[HH]. The third-order valence-electron chi connectivity index (χ3n) is 8.92. The zero-order valence-electron chi connectivity index (χ0n) is 25.7. The number of likely N-dealkylation sites (N-methyl/N-ethyl adjacent to an activating group) is 1. The van der Waals surface area contributed by atoms with Crippen molar-refractivity contribution in [3.05, 3.63) is 0 Å². The minimum absolute atomic E-state index is 0. The molecule has 6 atom stereocenters. The van der Waals surface area contributed by atoms with Gasteiger partial charge in [0, 0.05) is 30.5 Å². The van der Waals surface area contributed by atoms with Gasteiger partial charge in [0.25, 0.3) is 0 Å². The highest BCUT2D eigenvalue weighted by Gasteiger charge is 2.37. The van der Waals surface area contributed by atoms with E-state index < -0.39 is 0 Å². The van der Waals surface area contributed by atoms with Gasteiger partial charge in [-0.25, -0.2) is 0 Å². The van der Waals surface area contributed by atoms with Gasteiger partial charge in [0.05, 0.1) is 39.4 Å². The normalized spacial score (nSPS) is 30.9. The van der Waals surface area contributed by atoms with Gasteiger partial charge in [-0.1, -0.05) is 0 Å². The number of carbonyl (C=O) groups is 2. The molecule has 1 amide bonds. The van der Waals surface area contributed by atoms with E-state index in [4.69, 9.17) is 18.9 Å². The van der Waals surface area contributed by atoms with Crippen molar-refractivity contribution in [3.63, 3.8) is 0 Å². The predicted octanol–water partition coefficient (Wildman–Crippen LogP) is 0.424. The third kappa shape index (κ3) is 12.3. The van der Waals surface area contributed by atoms with Gasteiger partial charge in [-0.3, -0.25) is 30.0 Å². The topological polar surface area (TPSA) is 177 Å². The summed E-state index contributed by atoms with van der Waals surface area (Å²) in [6.07, 6.45) is 9.49. The van der Waals surface area contributed by atoms with Crippen molar-refractivity contribution in [2.24, 2.45) is 23.7 Å². The van der Waals surface area contributed by atoms with Crippen LogP contribution in [0.4, 0.5) is 0 Å². The van der Waals surface area contributed by atoms with Gasteiger partial charge in [-0.15, -0.1) is 0 Å². The summed E-state index contributed by atoms with van der Waals surface area (Å²) >= 11 is 0. The second kappa shape index (κ2) is 19.8. The molecule has 4 fully saturated rings. The first-order chi connectivity index (χ1) is 19.5. The highest BCUT2D eigenvalue weighted by atomic mass is 16.5. The van der Waals surface area contributed by atoms with E-state index in [9.17, 15) is 9.59 Å². The molecule has 6 unspecified atom stereocenters. The zero-order chi connectivity index (χ0) is 28.2. The number of nitrogens with zero attached hydrogens (tertiary/aromatic N) is 2. The summed E-state index contributed by atoms with van der Waals surface area (Å²) in [5.41, 5.74) is 0. The Morgan fingerprint density at radius 3 is 2.52 bits per heavy atom. The molecule has 0 aromatic carbocycles. The summed E-state index contributed by atoms with van der Waals surface area (Å²) in [4.78, 5) is 28.7. The number of ether oxygens (including phenoxy) is 4. The Morgan fingerprint density at radius 2 is 1.76 bits per heavy atom. The Bertz CT molecular complexity index is 794. The van der Waals surface area contributed by atoms with E-state index in [0.717, 1.165) is 64.8 Å². The van der Waals surface area contributed by atoms with Crippen molar-refractivity contribution in [2.45, 2.75) is 69.9 Å². The molecule has 13 nitrogen and oxygen atoms in total. The minimum Gasteiger partial charge on any atom is -0.461 e. The van der Waals surface area contributed by atoms with Crippen molar-refractivity contribution < 1.29 is 43.8 Å². The van der Waals surface area contributed by atoms with Crippen LogP contribution >= 0.6 is 0 Å². The number of fused-ring (bicyclic) bond motifs is 1. The van der Waals surface area contributed by atoms with Crippen LogP contribution in [-0.4, -0.2) is 125 Å². The van der Waals surface area contributed by atoms with Crippen LogP contribution in [0.3, 0.4) is 0 Å². The fourth-order valence-electron chi connectivity index (χ4n) is 6.85. The van der Waals surface area contributed by atoms with Gasteiger partial charge >= 0.3 is 5.97 Å². The van der Waals surface area contributed by atoms with E-state index in [1.54, 1.807) is 0 Å². The molecule has 2 saturated heterocycles. The fourth-order valence-corrected chi connectivity index (χ4v) is 6.85. The first kappa shape index (κ1) is 36.8. The highest BCUT2D eigenvalue weighted by molar-refractivity contribution is 5.81. The number of hydrogen-bond acceptors (Lipinski definition) is 10. The van der Waals surface area contributed by atoms with Gasteiger partial charge in [-0.05, 0) is 95.6 Å². The number of carbonyl (C=O) groups excluding carboxylic acids is 2. The molecule has 0 bridgehead atoms. The highest BCUT2D eigenvalue weighted by Crippen LogP contribution is 2.36. The van der Waals surface area contributed by atoms with Crippen LogP contribution in [0, 0.1) is 23.7 Å². The number of nitrogens with one attached hydrogen (secondary N) is 3. The Hall–Kier alpha value is -1.42. The maximum Gasteiger partial charge on any atom is 0.320 e. The first-order valence-electron chi connectivity index (χ1n) is 15.5. The maximum absolute atomic E-state index is 12.6. The van der Waals surface area contributed by atoms with E-state index in [0.29, 0.717) is 63.7 Å². The average molecular weight is 610 g/mol. The van der Waals surface area contributed by atoms with Gasteiger partial charge in [0.15, 0.2) is 0 Å². The maximum atomic E-state index is 12.6. The summed E-state index contributed by atoms with van der Waals surface area (Å²) < 4.78 is 22.9. The predicted molar refractivity (Wildman–Crippen MR) is 165 cm³/mol. The summed E-state index contributed by atoms with van der Waals surface area (Å²) in [5.74, 6) is 2.22. The van der Waals surface area contributed by atoms with Crippen LogP contribution < -0.4 is 16.0 Å². The molecule has 4 aliphatic rings. The smallest absolute Gasteiger partial charge is 0.320 e. The molecule has 2 heterocycles. The van der Waals surface area contributed by atoms with Crippen molar-refractivity contribution in [3.8, 4) is 0 Å². The lowest BCUT2D eigenvalue weighted by atomic mass is 9.74. The summed E-state index contributed by atoms with van der Waals surface area (Å²) in [5, 5.41) is 9.81. The molecule has 0 radical (unpaired) electrons. The number of esters is 1. The Morgan fingerprint density at radius 1 is 1.00 bits per heavy atom. The van der Waals surface area contributed by atoms with Crippen molar-refractivity contribution in [2.75, 3.05) is 80.4 Å². The molecule has 7 N–H and O–H groups in total. The number of amides is 1. The molecule has 2 saturated carbocycles. The number of rotatable bonds is 12. The van der Waals surface area contributed by atoms with E-state index >= 15 is 0 Å². The molecule has 252 valence electrons. The van der Waals surface area contributed by atoms with Crippen LogP contribution in [0.5, 0.6) is 0 Å². The molecular weight excluding hydrogens is 546 g/mol. The van der Waals surface area contributed by atoms with Crippen molar-refractivity contribution >= 4 is 11.9 Å². The Kier molecular flexibility index (Phi) is 17.3. The van der Waals surface area contributed by atoms with E-state index in [-0.39, 0.29) is 39.3 Å². The molecular formula is C29H63N5O8. The Labute approximate surface area is 255 Å². The summed E-state index contributed by atoms with van der Waals surface area (Å²) in [7, 11) is 3.76. The Balaban J connectivity index is 0. The van der Waals surface area contributed by atoms with E-state index in [1.165, 1.54) is 19.3 Å². The molecule has 13 heteroatoms. The molecule has 0 aromatic rings. The molecule has 4 rings (SSSR count). The van der Waals surface area contributed by atoms with Crippen LogP contribution in [0.2, 0.25) is 0 Å². The van der Waals surface area contributed by atoms with Crippen molar-refractivity contribution in [1.29, 1.82) is 0 Å². The molecule has 2 aliphatic heterocycles. The van der Waals surface area contributed by atoms with Gasteiger partial charge in [0.2, 0.25) is 5.91 Å². The molecule has 0 spiro atoms. The molecule has 2 aliphatic carbocycles. The van der Waals surface area contributed by atoms with Crippen LogP contribution in [0.1, 0.15) is 62.1 Å². The second-order valence-corrected chi connectivity index (χ2v) is 12.5. The minimum atomic E-state index is -0.129. The summed E-state index contributed by atoms with van der Waals surface area (Å²) in [6.45, 7) is 6.52. The lowest BCUT2D eigenvalue weighted by Crippen LogP contribution is -2.50. The van der Waals surface area contributed by atoms with Crippen LogP contribution in [0.15, 0.2) is 0 Å². The van der Waals surface area contributed by atoms with E-state index in [1.807, 2.05) is 19.0 Å². The quantitative estimate of drug-likeness (QED) is 0.160. The summed E-state index contributed by atoms with van der Waals surface area (Å²) in [6, 6.07) is -0.113. The number of hydrogen-bond donors (Lipinski definition) is 3. The monoisotopic (exact) mass is 609 g/mol. The molecule has 42 heavy (non-hydrogen) atoms. The van der Waals surface area contributed by atoms with Crippen molar-refractivity contribution in [1.82, 2.24) is 25.8 Å². The first-order valence-corrected chi connectivity index (χ1v) is 15.5. The van der Waals surface area contributed by atoms with Crippen LogP contribution in [0.25, 0.3) is 0 Å². The van der Waals surface area contributed by atoms with Gasteiger partial charge in [0.1, 0.15) is 12.8 Å². The van der Waals surface area contributed by atoms with Gasteiger partial charge in [-0.2, -0.15) is 0 Å². The lowest BCUT2D eigenvalue weighted by Gasteiger charge is -2.37. The molecule has 0 aromatic heterocycles. The van der Waals surface area contributed by atoms with Crippen LogP contribution in [-0.2, 0) is 28.5 Å². The van der Waals surface area contributed by atoms with Gasteiger partial charge < -0.3 is 35.2 Å². The third-order valence-corrected chi connectivity index (χ3v) is 8.92. The second-order valence-electron chi connectivity index (χ2n) is 12.5. The lowest BCUT2D eigenvalue weighted by molar-refractivity contribution is -0.152.